The van der Waals surface area contributed by atoms with E-state index in [0.29, 0.717) is 0 Å². The summed E-state index contributed by atoms with van der Waals surface area (Å²) in [7, 11) is 0. The zero-order valence-corrected chi connectivity index (χ0v) is 14.6. The third-order valence-corrected chi connectivity index (χ3v) is 4.76. The molecule has 0 radical (unpaired) electrons. The van der Waals surface area contributed by atoms with E-state index in [2.05, 4.69) is 62.5 Å². The quantitative estimate of drug-likeness (QED) is 0.700. The standard InChI is InChI=1S/C20H26ClN/c1-4-16-9-10-17(5-2)18(13-16)11-12-22-14-19-8-6-7-15(3)20(19)21/h6-10,13,22H,4-5,11-12,14H2,1-3H3. The zero-order chi connectivity index (χ0) is 15.9. The molecule has 0 aliphatic carbocycles. The summed E-state index contributed by atoms with van der Waals surface area (Å²) in [6.07, 6.45) is 3.27. The maximum atomic E-state index is 6.34. The second kappa shape index (κ2) is 8.36. The average molecular weight is 316 g/mol. The van der Waals surface area contributed by atoms with Crippen molar-refractivity contribution < 1.29 is 0 Å². The number of aryl methyl sites for hydroxylation is 3. The van der Waals surface area contributed by atoms with Crippen molar-refractivity contribution in [2.75, 3.05) is 6.54 Å². The molecule has 0 aliphatic rings. The molecule has 1 nitrogen and oxygen atoms in total. The highest BCUT2D eigenvalue weighted by Gasteiger charge is 2.04. The topological polar surface area (TPSA) is 12.0 Å². The first kappa shape index (κ1) is 17.1. The first-order valence-electron chi connectivity index (χ1n) is 8.21. The number of benzene rings is 2. The highest BCUT2D eigenvalue weighted by Crippen LogP contribution is 2.20. The first-order chi connectivity index (χ1) is 10.7. The molecule has 0 heterocycles. The zero-order valence-electron chi connectivity index (χ0n) is 13.9. The molecular weight excluding hydrogens is 290 g/mol. The summed E-state index contributed by atoms with van der Waals surface area (Å²) in [5, 5.41) is 4.41. The van der Waals surface area contributed by atoms with Crippen molar-refractivity contribution in [3.63, 3.8) is 0 Å². The van der Waals surface area contributed by atoms with Crippen molar-refractivity contribution >= 4 is 11.6 Å². The molecule has 0 aromatic heterocycles. The number of hydrogen-bond donors (Lipinski definition) is 1. The third kappa shape index (κ3) is 4.34. The Balaban J connectivity index is 1.92. The lowest BCUT2D eigenvalue weighted by Crippen LogP contribution is -2.17. The van der Waals surface area contributed by atoms with Crippen LogP contribution < -0.4 is 5.32 Å². The van der Waals surface area contributed by atoms with E-state index in [4.69, 9.17) is 11.6 Å². The van der Waals surface area contributed by atoms with E-state index in [1.54, 1.807) is 0 Å². The van der Waals surface area contributed by atoms with Crippen LogP contribution in [-0.2, 0) is 25.8 Å². The summed E-state index contributed by atoms with van der Waals surface area (Å²) in [4.78, 5) is 0. The minimum atomic E-state index is 0.829. The minimum absolute atomic E-state index is 0.829. The van der Waals surface area contributed by atoms with Gasteiger partial charge in [0.2, 0.25) is 0 Å². The molecule has 0 amide bonds. The maximum Gasteiger partial charge on any atom is 0.0480 e. The highest BCUT2D eigenvalue weighted by molar-refractivity contribution is 6.32. The number of rotatable bonds is 7. The molecule has 0 bridgehead atoms. The molecule has 2 aromatic carbocycles. The Hall–Kier alpha value is -1.31. The van der Waals surface area contributed by atoms with Gasteiger partial charge in [-0.3, -0.25) is 0 Å². The molecule has 0 unspecified atom stereocenters. The van der Waals surface area contributed by atoms with Crippen LogP contribution in [0.2, 0.25) is 5.02 Å². The second-order valence-corrected chi connectivity index (χ2v) is 6.16. The molecule has 22 heavy (non-hydrogen) atoms. The number of nitrogens with one attached hydrogen (secondary N) is 1. The molecule has 0 spiro atoms. The van der Waals surface area contributed by atoms with E-state index in [0.717, 1.165) is 42.9 Å². The van der Waals surface area contributed by atoms with Gasteiger partial charge in [0.25, 0.3) is 0 Å². The Morgan fingerprint density at radius 2 is 1.77 bits per heavy atom. The van der Waals surface area contributed by atoms with Crippen LogP contribution in [0, 0.1) is 6.92 Å². The van der Waals surface area contributed by atoms with Crippen LogP contribution in [0.15, 0.2) is 36.4 Å². The molecule has 2 rings (SSSR count). The van der Waals surface area contributed by atoms with Crippen LogP contribution in [0.5, 0.6) is 0 Å². The molecule has 0 atom stereocenters. The normalized spacial score (nSPS) is 10.9. The van der Waals surface area contributed by atoms with Crippen LogP contribution in [-0.4, -0.2) is 6.54 Å². The fourth-order valence-corrected chi connectivity index (χ4v) is 2.96. The molecule has 2 aromatic rings. The molecule has 0 aliphatic heterocycles. The Kier molecular flexibility index (Phi) is 6.48. The molecule has 1 N–H and O–H groups in total. The van der Waals surface area contributed by atoms with E-state index in [9.17, 15) is 0 Å². The van der Waals surface area contributed by atoms with Gasteiger partial charge in [-0.25, -0.2) is 0 Å². The summed E-state index contributed by atoms with van der Waals surface area (Å²) in [6, 6.07) is 13.1. The van der Waals surface area contributed by atoms with Gasteiger partial charge in [-0.2, -0.15) is 0 Å². The van der Waals surface area contributed by atoms with Gasteiger partial charge in [0.1, 0.15) is 0 Å². The fourth-order valence-electron chi connectivity index (χ4n) is 2.77. The van der Waals surface area contributed by atoms with Gasteiger partial charge in [0.05, 0.1) is 0 Å². The van der Waals surface area contributed by atoms with Crippen molar-refractivity contribution in [3.05, 3.63) is 69.2 Å². The maximum absolute atomic E-state index is 6.34. The van der Waals surface area contributed by atoms with Gasteiger partial charge in [0, 0.05) is 11.6 Å². The lowest BCUT2D eigenvalue weighted by Gasteiger charge is -2.12. The lowest BCUT2D eigenvalue weighted by atomic mass is 9.98. The van der Waals surface area contributed by atoms with Gasteiger partial charge in [0.15, 0.2) is 0 Å². The van der Waals surface area contributed by atoms with Crippen LogP contribution in [0.3, 0.4) is 0 Å². The highest BCUT2D eigenvalue weighted by atomic mass is 35.5. The lowest BCUT2D eigenvalue weighted by molar-refractivity contribution is 0.684. The van der Waals surface area contributed by atoms with Crippen molar-refractivity contribution in [2.24, 2.45) is 0 Å². The molecule has 2 heteroatoms. The molecule has 0 saturated heterocycles. The molecule has 0 saturated carbocycles. The predicted octanol–water partition coefficient (Wildman–Crippen LogP) is 5.11. The third-order valence-electron chi connectivity index (χ3n) is 4.22. The first-order valence-corrected chi connectivity index (χ1v) is 8.58. The van der Waals surface area contributed by atoms with Crippen molar-refractivity contribution in [2.45, 2.75) is 46.6 Å². The number of halogens is 1. The van der Waals surface area contributed by atoms with Gasteiger partial charge in [-0.15, -0.1) is 0 Å². The van der Waals surface area contributed by atoms with Crippen molar-refractivity contribution in [3.8, 4) is 0 Å². The summed E-state index contributed by atoms with van der Waals surface area (Å²) in [5.41, 5.74) is 6.69. The molecular formula is C20H26ClN. The number of hydrogen-bond acceptors (Lipinski definition) is 1. The van der Waals surface area contributed by atoms with E-state index >= 15 is 0 Å². The Morgan fingerprint density at radius 1 is 0.955 bits per heavy atom. The Labute approximate surface area is 139 Å². The largest absolute Gasteiger partial charge is 0.312 e. The van der Waals surface area contributed by atoms with Crippen molar-refractivity contribution in [1.82, 2.24) is 5.32 Å². The van der Waals surface area contributed by atoms with Gasteiger partial charge >= 0.3 is 0 Å². The summed E-state index contributed by atoms with van der Waals surface area (Å²) < 4.78 is 0. The van der Waals surface area contributed by atoms with E-state index < -0.39 is 0 Å². The predicted molar refractivity (Wildman–Crippen MR) is 96.8 cm³/mol. The Bertz CT molecular complexity index is 619. The van der Waals surface area contributed by atoms with Crippen molar-refractivity contribution in [1.29, 1.82) is 0 Å². The minimum Gasteiger partial charge on any atom is -0.312 e. The Morgan fingerprint density at radius 3 is 2.50 bits per heavy atom. The van der Waals surface area contributed by atoms with Crippen LogP contribution in [0.4, 0.5) is 0 Å². The summed E-state index contributed by atoms with van der Waals surface area (Å²) in [6.45, 7) is 8.29. The average Bonchev–Trinajstić information content (AvgIpc) is 2.55. The molecule has 0 fully saturated rings. The second-order valence-electron chi connectivity index (χ2n) is 5.78. The van der Waals surface area contributed by atoms with Crippen LogP contribution >= 0.6 is 11.6 Å². The van der Waals surface area contributed by atoms with E-state index in [-0.39, 0.29) is 0 Å². The summed E-state index contributed by atoms with van der Waals surface area (Å²) >= 11 is 6.34. The molecule has 118 valence electrons. The van der Waals surface area contributed by atoms with E-state index in [1.165, 1.54) is 22.3 Å². The summed E-state index contributed by atoms with van der Waals surface area (Å²) in [5.74, 6) is 0. The SMILES string of the molecule is CCc1ccc(CC)c(CCNCc2cccc(C)c2Cl)c1. The monoisotopic (exact) mass is 315 g/mol. The smallest absolute Gasteiger partial charge is 0.0480 e. The van der Waals surface area contributed by atoms with Crippen LogP contribution in [0.25, 0.3) is 0 Å². The van der Waals surface area contributed by atoms with Gasteiger partial charge in [-0.05, 0) is 60.5 Å². The van der Waals surface area contributed by atoms with Gasteiger partial charge in [-0.1, -0.05) is 61.8 Å². The fraction of sp³-hybridized carbons (Fsp3) is 0.400. The van der Waals surface area contributed by atoms with Gasteiger partial charge < -0.3 is 5.32 Å². The van der Waals surface area contributed by atoms with Crippen LogP contribution in [0.1, 0.15) is 41.7 Å². The van der Waals surface area contributed by atoms with E-state index in [1.807, 2.05) is 0 Å².